The molecule has 0 aliphatic carbocycles. The highest BCUT2D eigenvalue weighted by Crippen LogP contribution is 2.36. The Hall–Kier alpha value is -1.25. The molecule has 1 heterocycles. The molecule has 0 atom stereocenters. The third kappa shape index (κ3) is 1.34. The summed E-state index contributed by atoms with van der Waals surface area (Å²) < 4.78 is 18.6. The van der Waals surface area contributed by atoms with Crippen molar-refractivity contribution in [2.45, 2.75) is 25.9 Å². The lowest BCUT2D eigenvalue weighted by Gasteiger charge is -2.16. The summed E-state index contributed by atoms with van der Waals surface area (Å²) in [6.07, 6.45) is 0.785. The molecule has 0 fully saturated rings. The molecule has 70 valence electrons. The number of hydrogen-bond acceptors (Lipinski definition) is 2. The van der Waals surface area contributed by atoms with Crippen LogP contribution < -0.4 is 10.5 Å². The Bertz CT molecular complexity index is 327. The zero-order chi connectivity index (χ0) is 9.64. The maximum atomic E-state index is 13.0. The summed E-state index contributed by atoms with van der Waals surface area (Å²) in [6.45, 7) is 3.95. The van der Waals surface area contributed by atoms with Crippen molar-refractivity contribution in [3.63, 3.8) is 0 Å². The van der Waals surface area contributed by atoms with Crippen molar-refractivity contribution >= 4 is 5.69 Å². The second-order valence-corrected chi connectivity index (χ2v) is 4.02. The molecule has 2 nitrogen and oxygen atoms in total. The van der Waals surface area contributed by atoms with Gasteiger partial charge in [-0.1, -0.05) is 0 Å². The number of nitrogens with two attached hydrogens (primary N) is 1. The minimum Gasteiger partial charge on any atom is -0.487 e. The number of benzene rings is 1. The monoisotopic (exact) mass is 181 g/mol. The van der Waals surface area contributed by atoms with Crippen LogP contribution in [0.3, 0.4) is 0 Å². The van der Waals surface area contributed by atoms with Crippen molar-refractivity contribution in [2.24, 2.45) is 0 Å². The first-order valence-corrected chi connectivity index (χ1v) is 4.25. The van der Waals surface area contributed by atoms with Crippen molar-refractivity contribution in [2.75, 3.05) is 5.73 Å². The Morgan fingerprint density at radius 2 is 2.15 bits per heavy atom. The van der Waals surface area contributed by atoms with Gasteiger partial charge in [-0.3, -0.25) is 0 Å². The van der Waals surface area contributed by atoms with E-state index in [9.17, 15) is 4.39 Å². The van der Waals surface area contributed by atoms with Gasteiger partial charge in [-0.2, -0.15) is 0 Å². The summed E-state index contributed by atoms with van der Waals surface area (Å²) in [5.41, 5.74) is 6.40. The molecule has 0 radical (unpaired) electrons. The van der Waals surface area contributed by atoms with Crippen molar-refractivity contribution < 1.29 is 9.13 Å². The van der Waals surface area contributed by atoms with Gasteiger partial charge in [-0.05, 0) is 19.9 Å². The smallest absolute Gasteiger partial charge is 0.149 e. The number of ether oxygens (including phenoxy) is 1. The summed E-state index contributed by atoms with van der Waals surface area (Å²) in [4.78, 5) is 0. The van der Waals surface area contributed by atoms with Crippen LogP contribution in [0.5, 0.6) is 5.75 Å². The average Bonchev–Trinajstić information content (AvgIpc) is 2.24. The number of nitrogen functional groups attached to an aromatic ring is 1. The molecule has 1 aliphatic rings. The molecule has 0 spiro atoms. The summed E-state index contributed by atoms with van der Waals surface area (Å²) >= 11 is 0. The predicted octanol–water partition coefficient (Wildman–Crippen LogP) is 2.12. The predicted molar refractivity (Wildman–Crippen MR) is 49.2 cm³/mol. The largest absolute Gasteiger partial charge is 0.487 e. The van der Waals surface area contributed by atoms with Gasteiger partial charge in [0.25, 0.3) is 0 Å². The maximum Gasteiger partial charge on any atom is 0.149 e. The zero-order valence-corrected chi connectivity index (χ0v) is 7.73. The SMILES string of the molecule is CC1(C)Cc2cc(N)c(F)cc2O1. The van der Waals surface area contributed by atoms with Crippen molar-refractivity contribution in [1.82, 2.24) is 0 Å². The Morgan fingerprint density at radius 3 is 2.85 bits per heavy atom. The van der Waals surface area contributed by atoms with E-state index in [1.807, 2.05) is 13.8 Å². The van der Waals surface area contributed by atoms with Crippen LogP contribution in [0.15, 0.2) is 12.1 Å². The quantitative estimate of drug-likeness (QED) is 0.622. The van der Waals surface area contributed by atoms with Crippen molar-refractivity contribution in [3.8, 4) is 5.75 Å². The fraction of sp³-hybridized carbons (Fsp3) is 0.400. The molecule has 3 heteroatoms. The van der Waals surface area contributed by atoms with Gasteiger partial charge in [0, 0.05) is 18.1 Å². The summed E-state index contributed by atoms with van der Waals surface area (Å²) in [5.74, 6) is 0.216. The third-order valence-corrected chi connectivity index (χ3v) is 2.18. The average molecular weight is 181 g/mol. The molecular formula is C10H12FNO. The van der Waals surface area contributed by atoms with Crippen molar-refractivity contribution in [1.29, 1.82) is 0 Å². The maximum absolute atomic E-state index is 13.0. The molecule has 0 bridgehead atoms. The Kier molecular flexibility index (Phi) is 1.53. The van der Waals surface area contributed by atoms with E-state index in [0.717, 1.165) is 12.0 Å². The first-order chi connectivity index (χ1) is 5.98. The lowest BCUT2D eigenvalue weighted by molar-refractivity contribution is 0.138. The molecule has 0 unspecified atom stereocenters. The molecule has 2 N–H and O–H groups in total. The standard InChI is InChI=1S/C10H12FNO/c1-10(2)5-6-3-8(12)7(11)4-9(6)13-10/h3-4H,5,12H2,1-2H3. The van der Waals surface area contributed by atoms with Crippen LogP contribution in [0.4, 0.5) is 10.1 Å². The van der Waals surface area contributed by atoms with Crippen LogP contribution in [0.2, 0.25) is 0 Å². The fourth-order valence-corrected chi connectivity index (χ4v) is 1.64. The van der Waals surface area contributed by atoms with Gasteiger partial charge in [-0.25, -0.2) is 4.39 Å². The molecule has 13 heavy (non-hydrogen) atoms. The highest BCUT2D eigenvalue weighted by atomic mass is 19.1. The van der Waals surface area contributed by atoms with E-state index in [4.69, 9.17) is 10.5 Å². The highest BCUT2D eigenvalue weighted by molar-refractivity contribution is 5.51. The molecule has 0 amide bonds. The number of hydrogen-bond donors (Lipinski definition) is 1. The van der Waals surface area contributed by atoms with Crippen LogP contribution in [0.25, 0.3) is 0 Å². The molecular weight excluding hydrogens is 169 g/mol. The van der Waals surface area contributed by atoms with Crippen LogP contribution in [0, 0.1) is 5.82 Å². The van der Waals surface area contributed by atoms with Gasteiger partial charge in [-0.15, -0.1) is 0 Å². The highest BCUT2D eigenvalue weighted by Gasteiger charge is 2.30. The number of rotatable bonds is 0. The van der Waals surface area contributed by atoms with Gasteiger partial charge in [0.2, 0.25) is 0 Å². The second kappa shape index (κ2) is 2.37. The Balaban J connectivity index is 2.48. The van der Waals surface area contributed by atoms with Gasteiger partial charge in [0.05, 0.1) is 5.69 Å². The summed E-state index contributed by atoms with van der Waals surface area (Å²) in [6, 6.07) is 3.01. The van der Waals surface area contributed by atoms with E-state index in [2.05, 4.69) is 0 Å². The minimum atomic E-state index is -0.406. The minimum absolute atomic E-state index is 0.194. The normalized spacial score (nSPS) is 18.1. The Labute approximate surface area is 76.5 Å². The fourth-order valence-electron chi connectivity index (χ4n) is 1.64. The molecule has 1 aliphatic heterocycles. The van der Waals surface area contributed by atoms with Gasteiger partial charge < -0.3 is 10.5 Å². The van der Waals surface area contributed by atoms with E-state index in [1.165, 1.54) is 6.07 Å². The van der Waals surface area contributed by atoms with Crippen LogP contribution in [-0.2, 0) is 6.42 Å². The van der Waals surface area contributed by atoms with Gasteiger partial charge in [0.15, 0.2) is 0 Å². The van der Waals surface area contributed by atoms with E-state index in [-0.39, 0.29) is 11.3 Å². The molecule has 1 aromatic carbocycles. The number of halogens is 1. The third-order valence-electron chi connectivity index (χ3n) is 2.18. The molecule has 0 saturated heterocycles. The molecule has 2 rings (SSSR count). The van der Waals surface area contributed by atoms with E-state index < -0.39 is 5.82 Å². The molecule has 0 saturated carbocycles. The van der Waals surface area contributed by atoms with Gasteiger partial charge in [0.1, 0.15) is 17.2 Å². The Morgan fingerprint density at radius 1 is 1.46 bits per heavy atom. The van der Waals surface area contributed by atoms with Gasteiger partial charge >= 0.3 is 0 Å². The second-order valence-electron chi connectivity index (χ2n) is 4.02. The molecule has 0 aromatic heterocycles. The number of fused-ring (bicyclic) bond motifs is 1. The number of anilines is 1. The lowest BCUT2D eigenvalue weighted by atomic mass is 10.0. The summed E-state index contributed by atoms with van der Waals surface area (Å²) in [7, 11) is 0. The van der Waals surface area contributed by atoms with E-state index in [0.29, 0.717) is 5.75 Å². The first-order valence-electron chi connectivity index (χ1n) is 4.25. The zero-order valence-electron chi connectivity index (χ0n) is 7.73. The van der Waals surface area contributed by atoms with Crippen LogP contribution in [-0.4, -0.2) is 5.60 Å². The lowest BCUT2D eigenvalue weighted by Crippen LogP contribution is -2.24. The first kappa shape index (κ1) is 8.35. The topological polar surface area (TPSA) is 35.2 Å². The van der Waals surface area contributed by atoms with Crippen LogP contribution in [0.1, 0.15) is 19.4 Å². The van der Waals surface area contributed by atoms with Crippen molar-refractivity contribution in [3.05, 3.63) is 23.5 Å². The molecule has 1 aromatic rings. The van der Waals surface area contributed by atoms with Crippen LogP contribution >= 0.6 is 0 Å². The summed E-state index contributed by atoms with van der Waals surface area (Å²) in [5, 5.41) is 0. The van der Waals surface area contributed by atoms with E-state index in [1.54, 1.807) is 6.07 Å². The van der Waals surface area contributed by atoms with E-state index >= 15 is 0 Å².